The molecule has 2 aromatic rings. The Morgan fingerprint density at radius 2 is 2.24 bits per heavy atom. The lowest BCUT2D eigenvalue weighted by Crippen LogP contribution is -2.43. The number of nitrogens with two attached hydrogens (primary N) is 1. The van der Waals surface area contributed by atoms with E-state index in [1.807, 2.05) is 0 Å². The predicted molar refractivity (Wildman–Crippen MR) is 73.0 cm³/mol. The first-order valence-corrected chi connectivity index (χ1v) is 6.78. The molecule has 0 bridgehead atoms. The van der Waals surface area contributed by atoms with Gasteiger partial charge in [0.05, 0.1) is 11.0 Å². The zero-order chi connectivity index (χ0) is 12.0. The lowest BCUT2D eigenvalue weighted by Gasteiger charge is -2.40. The van der Waals surface area contributed by atoms with Crippen LogP contribution in [-0.2, 0) is 12.5 Å². The van der Waals surface area contributed by atoms with Crippen molar-refractivity contribution in [2.75, 3.05) is 6.54 Å². The Hall–Kier alpha value is -0.870. The fourth-order valence-corrected chi connectivity index (χ4v) is 3.12. The highest BCUT2D eigenvalue weighted by Crippen LogP contribution is 2.43. The van der Waals surface area contributed by atoms with E-state index in [1.165, 1.54) is 24.8 Å². The second-order valence-corrected chi connectivity index (χ2v) is 5.88. The van der Waals surface area contributed by atoms with Crippen molar-refractivity contribution in [1.82, 2.24) is 9.55 Å². The van der Waals surface area contributed by atoms with E-state index in [1.54, 1.807) is 0 Å². The molecule has 1 heterocycles. The molecular formula is C13H16BrN3. The van der Waals surface area contributed by atoms with Gasteiger partial charge in [0.2, 0.25) is 0 Å². The molecule has 2 N–H and O–H groups in total. The second-order valence-electron chi connectivity index (χ2n) is 4.97. The Morgan fingerprint density at radius 1 is 1.47 bits per heavy atom. The van der Waals surface area contributed by atoms with Crippen LogP contribution in [0.25, 0.3) is 11.0 Å². The van der Waals surface area contributed by atoms with Gasteiger partial charge >= 0.3 is 0 Å². The van der Waals surface area contributed by atoms with E-state index >= 15 is 0 Å². The summed E-state index contributed by atoms with van der Waals surface area (Å²) in [5.41, 5.74) is 8.32. The third-order valence-corrected chi connectivity index (χ3v) is 4.51. The number of nitrogens with zero attached hydrogens (tertiary/aromatic N) is 2. The molecule has 1 aliphatic carbocycles. The van der Waals surface area contributed by atoms with Crippen LogP contribution in [0, 0.1) is 0 Å². The Bertz CT molecular complexity index is 564. The molecule has 0 atom stereocenters. The van der Waals surface area contributed by atoms with Crippen molar-refractivity contribution in [1.29, 1.82) is 0 Å². The van der Waals surface area contributed by atoms with E-state index in [2.05, 4.69) is 45.7 Å². The first-order valence-electron chi connectivity index (χ1n) is 5.99. The fourth-order valence-electron chi connectivity index (χ4n) is 2.77. The predicted octanol–water partition coefficient (Wildman–Crippen LogP) is 2.72. The fraction of sp³-hybridized carbons (Fsp3) is 0.462. The van der Waals surface area contributed by atoms with Gasteiger partial charge in [-0.15, -0.1) is 0 Å². The standard InChI is InChI=1S/C13H16BrN3/c1-17-11-4-3-9(14)7-10(11)16-12(17)13(8-15)5-2-6-13/h3-4,7H,2,5-6,8,15H2,1H3. The Balaban J connectivity index is 2.20. The van der Waals surface area contributed by atoms with Gasteiger partial charge in [0, 0.05) is 23.5 Å². The molecule has 1 aliphatic rings. The van der Waals surface area contributed by atoms with E-state index in [9.17, 15) is 0 Å². The quantitative estimate of drug-likeness (QED) is 0.925. The molecule has 1 fully saturated rings. The molecule has 0 aliphatic heterocycles. The van der Waals surface area contributed by atoms with Crippen molar-refractivity contribution in [3.63, 3.8) is 0 Å². The van der Waals surface area contributed by atoms with Crippen molar-refractivity contribution in [2.24, 2.45) is 12.8 Å². The molecule has 0 amide bonds. The monoisotopic (exact) mass is 293 g/mol. The van der Waals surface area contributed by atoms with Crippen molar-refractivity contribution in [3.05, 3.63) is 28.5 Å². The number of rotatable bonds is 2. The number of benzene rings is 1. The Labute approximate surface area is 109 Å². The molecule has 4 heteroatoms. The smallest absolute Gasteiger partial charge is 0.117 e. The van der Waals surface area contributed by atoms with Crippen molar-refractivity contribution in [2.45, 2.75) is 24.7 Å². The lowest BCUT2D eigenvalue weighted by molar-refractivity contribution is 0.233. The van der Waals surface area contributed by atoms with Crippen LogP contribution in [0.3, 0.4) is 0 Å². The summed E-state index contributed by atoms with van der Waals surface area (Å²) in [5, 5.41) is 0. The van der Waals surface area contributed by atoms with E-state index in [-0.39, 0.29) is 5.41 Å². The number of aromatic nitrogens is 2. The highest BCUT2D eigenvalue weighted by atomic mass is 79.9. The van der Waals surface area contributed by atoms with E-state index in [4.69, 9.17) is 10.7 Å². The van der Waals surface area contributed by atoms with E-state index in [0.717, 1.165) is 15.8 Å². The number of hydrogen-bond acceptors (Lipinski definition) is 2. The van der Waals surface area contributed by atoms with Gasteiger partial charge in [-0.25, -0.2) is 4.98 Å². The molecule has 0 radical (unpaired) electrons. The minimum Gasteiger partial charge on any atom is -0.331 e. The third kappa shape index (κ3) is 1.54. The van der Waals surface area contributed by atoms with Crippen molar-refractivity contribution >= 4 is 27.0 Å². The number of imidazole rings is 1. The van der Waals surface area contributed by atoms with Crippen LogP contribution < -0.4 is 5.73 Å². The maximum Gasteiger partial charge on any atom is 0.117 e. The van der Waals surface area contributed by atoms with Crippen LogP contribution in [0.5, 0.6) is 0 Å². The summed E-state index contributed by atoms with van der Waals surface area (Å²) >= 11 is 3.49. The molecule has 90 valence electrons. The van der Waals surface area contributed by atoms with Crippen LogP contribution in [0.15, 0.2) is 22.7 Å². The maximum atomic E-state index is 5.96. The van der Waals surface area contributed by atoms with Crippen LogP contribution in [-0.4, -0.2) is 16.1 Å². The second kappa shape index (κ2) is 3.82. The number of fused-ring (bicyclic) bond motifs is 1. The SMILES string of the molecule is Cn1c(C2(CN)CCC2)nc2cc(Br)ccc21. The molecule has 0 saturated heterocycles. The molecular weight excluding hydrogens is 278 g/mol. The van der Waals surface area contributed by atoms with Crippen LogP contribution >= 0.6 is 15.9 Å². The average Bonchev–Trinajstić information content (AvgIpc) is 2.56. The molecule has 0 spiro atoms. The number of aryl methyl sites for hydroxylation is 1. The van der Waals surface area contributed by atoms with Gasteiger partial charge in [0.25, 0.3) is 0 Å². The van der Waals surface area contributed by atoms with Gasteiger partial charge in [-0.3, -0.25) is 0 Å². The minimum absolute atomic E-state index is 0.125. The summed E-state index contributed by atoms with van der Waals surface area (Å²) in [5.74, 6) is 1.15. The van der Waals surface area contributed by atoms with Gasteiger partial charge < -0.3 is 10.3 Å². The Morgan fingerprint density at radius 3 is 2.82 bits per heavy atom. The van der Waals surface area contributed by atoms with Crippen LogP contribution in [0.1, 0.15) is 25.1 Å². The summed E-state index contributed by atoms with van der Waals surface area (Å²) in [6, 6.07) is 6.24. The molecule has 0 unspecified atom stereocenters. The van der Waals surface area contributed by atoms with Crippen molar-refractivity contribution < 1.29 is 0 Å². The maximum absolute atomic E-state index is 5.96. The normalized spacial score (nSPS) is 18.3. The average molecular weight is 294 g/mol. The molecule has 17 heavy (non-hydrogen) atoms. The zero-order valence-electron chi connectivity index (χ0n) is 9.91. The van der Waals surface area contributed by atoms with E-state index < -0.39 is 0 Å². The van der Waals surface area contributed by atoms with Crippen LogP contribution in [0.2, 0.25) is 0 Å². The highest BCUT2D eigenvalue weighted by Gasteiger charge is 2.41. The molecule has 1 saturated carbocycles. The van der Waals surface area contributed by atoms with Gasteiger partial charge in [-0.2, -0.15) is 0 Å². The molecule has 3 rings (SSSR count). The van der Waals surface area contributed by atoms with E-state index in [0.29, 0.717) is 6.54 Å². The number of halogens is 1. The summed E-state index contributed by atoms with van der Waals surface area (Å²) < 4.78 is 3.28. The third-order valence-electron chi connectivity index (χ3n) is 4.02. The van der Waals surface area contributed by atoms with Crippen molar-refractivity contribution in [3.8, 4) is 0 Å². The van der Waals surface area contributed by atoms with Gasteiger partial charge in [-0.05, 0) is 31.0 Å². The first kappa shape index (κ1) is 11.2. The van der Waals surface area contributed by atoms with Gasteiger partial charge in [0.1, 0.15) is 5.82 Å². The molecule has 1 aromatic carbocycles. The topological polar surface area (TPSA) is 43.8 Å². The first-order chi connectivity index (χ1) is 8.16. The number of hydrogen-bond donors (Lipinski definition) is 1. The molecule has 1 aromatic heterocycles. The summed E-state index contributed by atoms with van der Waals surface area (Å²) in [6.07, 6.45) is 3.60. The van der Waals surface area contributed by atoms with Gasteiger partial charge in [0.15, 0.2) is 0 Å². The lowest BCUT2D eigenvalue weighted by atomic mass is 9.68. The summed E-state index contributed by atoms with van der Waals surface area (Å²) in [7, 11) is 2.09. The largest absolute Gasteiger partial charge is 0.331 e. The van der Waals surface area contributed by atoms with Gasteiger partial charge in [-0.1, -0.05) is 22.4 Å². The molecule has 3 nitrogen and oxygen atoms in total. The summed E-state index contributed by atoms with van der Waals surface area (Å²) in [4.78, 5) is 4.79. The highest BCUT2D eigenvalue weighted by molar-refractivity contribution is 9.10. The van der Waals surface area contributed by atoms with Crippen LogP contribution in [0.4, 0.5) is 0 Å². The minimum atomic E-state index is 0.125. The zero-order valence-corrected chi connectivity index (χ0v) is 11.5. The summed E-state index contributed by atoms with van der Waals surface area (Å²) in [6.45, 7) is 0.700. The Kier molecular flexibility index (Phi) is 2.52.